The van der Waals surface area contributed by atoms with Crippen molar-refractivity contribution in [2.24, 2.45) is 13.0 Å². The monoisotopic (exact) mass is 275 g/mol. The number of carbonyl (C=O) groups is 1. The predicted octanol–water partition coefficient (Wildman–Crippen LogP) is 3.05. The maximum absolute atomic E-state index is 12.5. The molecule has 1 aromatic heterocycles. The first-order chi connectivity index (χ1) is 9.74. The van der Waals surface area contributed by atoms with Crippen LogP contribution >= 0.6 is 0 Å². The van der Waals surface area contributed by atoms with Crippen molar-refractivity contribution in [1.82, 2.24) is 14.7 Å². The Bertz CT molecular complexity index is 462. The highest BCUT2D eigenvalue weighted by Gasteiger charge is 2.30. The predicted molar refractivity (Wildman–Crippen MR) is 78.1 cm³/mol. The molecule has 0 bridgehead atoms. The van der Waals surface area contributed by atoms with Gasteiger partial charge >= 0.3 is 0 Å². The number of carbonyl (C=O) groups excluding carboxylic acids is 1. The largest absolute Gasteiger partial charge is 0.336 e. The van der Waals surface area contributed by atoms with Gasteiger partial charge in [0.1, 0.15) is 0 Å². The number of amides is 1. The highest BCUT2D eigenvalue weighted by Crippen LogP contribution is 2.34. The summed E-state index contributed by atoms with van der Waals surface area (Å²) in [5.74, 6) is 1.15. The summed E-state index contributed by atoms with van der Waals surface area (Å²) in [7, 11) is 1.94. The maximum atomic E-state index is 12.5. The van der Waals surface area contributed by atoms with Crippen molar-refractivity contribution in [3.8, 4) is 0 Å². The summed E-state index contributed by atoms with van der Waals surface area (Å²) in [6.07, 6.45) is 13.4. The molecule has 1 amide bonds. The molecule has 1 aliphatic heterocycles. The number of hydrogen-bond donors (Lipinski definition) is 0. The Kier molecular flexibility index (Phi) is 4.08. The molecule has 0 spiro atoms. The summed E-state index contributed by atoms with van der Waals surface area (Å²) in [6.45, 7) is 0.920. The van der Waals surface area contributed by atoms with E-state index in [1.807, 2.05) is 24.1 Å². The van der Waals surface area contributed by atoms with Crippen LogP contribution in [0.1, 0.15) is 63.0 Å². The molecule has 1 saturated heterocycles. The lowest BCUT2D eigenvalue weighted by Crippen LogP contribution is -2.30. The van der Waals surface area contributed by atoms with E-state index in [-0.39, 0.29) is 6.04 Å². The summed E-state index contributed by atoms with van der Waals surface area (Å²) in [6, 6.07) is 0.264. The Morgan fingerprint density at radius 2 is 2.10 bits per heavy atom. The van der Waals surface area contributed by atoms with Crippen LogP contribution in [0.25, 0.3) is 0 Å². The van der Waals surface area contributed by atoms with Gasteiger partial charge in [0, 0.05) is 31.8 Å². The Morgan fingerprint density at radius 1 is 1.30 bits per heavy atom. The van der Waals surface area contributed by atoms with E-state index in [1.165, 1.54) is 31.2 Å². The minimum atomic E-state index is 0.264. The molecule has 0 radical (unpaired) electrons. The molecular weight excluding hydrogens is 250 g/mol. The van der Waals surface area contributed by atoms with E-state index in [4.69, 9.17) is 0 Å². The van der Waals surface area contributed by atoms with Gasteiger partial charge in [0.2, 0.25) is 5.91 Å². The molecule has 110 valence electrons. The molecule has 20 heavy (non-hydrogen) atoms. The fourth-order valence-electron chi connectivity index (χ4n) is 3.79. The summed E-state index contributed by atoms with van der Waals surface area (Å²) >= 11 is 0. The van der Waals surface area contributed by atoms with E-state index >= 15 is 0 Å². The van der Waals surface area contributed by atoms with Gasteiger partial charge in [-0.15, -0.1) is 0 Å². The van der Waals surface area contributed by atoms with Crippen molar-refractivity contribution in [3.05, 3.63) is 18.0 Å². The van der Waals surface area contributed by atoms with Gasteiger partial charge in [0.25, 0.3) is 0 Å². The normalized spacial score (nSPS) is 23.6. The van der Waals surface area contributed by atoms with Crippen molar-refractivity contribution < 1.29 is 4.79 Å². The quantitative estimate of drug-likeness (QED) is 0.847. The average molecular weight is 275 g/mol. The number of rotatable bonds is 4. The topological polar surface area (TPSA) is 38.1 Å². The lowest BCUT2D eigenvalue weighted by atomic mass is 10.0. The third kappa shape index (κ3) is 2.89. The Morgan fingerprint density at radius 3 is 2.80 bits per heavy atom. The van der Waals surface area contributed by atoms with E-state index in [0.717, 1.165) is 38.1 Å². The number of hydrogen-bond acceptors (Lipinski definition) is 2. The number of nitrogens with zero attached hydrogens (tertiary/aromatic N) is 3. The maximum Gasteiger partial charge on any atom is 0.223 e. The lowest BCUT2D eigenvalue weighted by molar-refractivity contribution is -0.132. The molecule has 4 heteroatoms. The highest BCUT2D eigenvalue weighted by atomic mass is 16.2. The van der Waals surface area contributed by atoms with Crippen molar-refractivity contribution in [2.45, 2.75) is 57.4 Å². The van der Waals surface area contributed by atoms with Gasteiger partial charge < -0.3 is 4.90 Å². The van der Waals surface area contributed by atoms with Crippen molar-refractivity contribution in [2.75, 3.05) is 6.54 Å². The molecule has 1 saturated carbocycles. The molecule has 1 unspecified atom stereocenters. The molecule has 3 rings (SSSR count). The zero-order valence-electron chi connectivity index (χ0n) is 12.4. The smallest absolute Gasteiger partial charge is 0.223 e. The summed E-state index contributed by atoms with van der Waals surface area (Å²) in [4.78, 5) is 14.6. The third-order valence-corrected chi connectivity index (χ3v) is 4.92. The zero-order valence-corrected chi connectivity index (χ0v) is 12.4. The van der Waals surface area contributed by atoms with Crippen LogP contribution in [0.2, 0.25) is 0 Å². The standard InChI is InChI=1S/C16H25N3O/c1-18-12-14(11-17-18)15-7-4-10-19(15)16(20)9-8-13-5-2-3-6-13/h11-13,15H,2-10H2,1H3. The first-order valence-corrected chi connectivity index (χ1v) is 8.02. The van der Waals surface area contributed by atoms with Gasteiger partial charge in [0.05, 0.1) is 12.2 Å². The number of aryl methyl sites for hydroxylation is 1. The summed E-state index contributed by atoms with van der Waals surface area (Å²) in [5, 5.41) is 4.24. The second-order valence-electron chi connectivity index (χ2n) is 6.38. The van der Waals surface area contributed by atoms with Crippen LogP contribution in [-0.2, 0) is 11.8 Å². The molecule has 2 fully saturated rings. The Hall–Kier alpha value is -1.32. The van der Waals surface area contributed by atoms with E-state index in [2.05, 4.69) is 10.00 Å². The van der Waals surface area contributed by atoms with Gasteiger partial charge in [-0.25, -0.2) is 0 Å². The third-order valence-electron chi connectivity index (χ3n) is 4.92. The molecule has 1 atom stereocenters. The van der Waals surface area contributed by atoms with E-state index in [0.29, 0.717) is 5.91 Å². The van der Waals surface area contributed by atoms with Crippen LogP contribution in [0.4, 0.5) is 0 Å². The Labute approximate surface area is 121 Å². The van der Waals surface area contributed by atoms with Crippen LogP contribution in [0.5, 0.6) is 0 Å². The summed E-state index contributed by atoms with van der Waals surface area (Å²) in [5.41, 5.74) is 1.19. The van der Waals surface area contributed by atoms with E-state index in [9.17, 15) is 4.79 Å². The second-order valence-corrected chi connectivity index (χ2v) is 6.38. The fraction of sp³-hybridized carbons (Fsp3) is 0.750. The first kappa shape index (κ1) is 13.7. The molecule has 4 nitrogen and oxygen atoms in total. The molecule has 0 N–H and O–H groups in total. The highest BCUT2D eigenvalue weighted by molar-refractivity contribution is 5.77. The van der Waals surface area contributed by atoms with Crippen molar-refractivity contribution in [1.29, 1.82) is 0 Å². The molecule has 1 aliphatic carbocycles. The second kappa shape index (κ2) is 5.98. The van der Waals surface area contributed by atoms with E-state index in [1.54, 1.807) is 0 Å². The van der Waals surface area contributed by atoms with Gasteiger partial charge in [-0.05, 0) is 25.2 Å². The first-order valence-electron chi connectivity index (χ1n) is 8.02. The Balaban J connectivity index is 1.58. The molecule has 2 aliphatic rings. The zero-order chi connectivity index (χ0) is 13.9. The summed E-state index contributed by atoms with van der Waals surface area (Å²) < 4.78 is 1.83. The van der Waals surface area contributed by atoms with Crippen LogP contribution < -0.4 is 0 Å². The van der Waals surface area contributed by atoms with Crippen LogP contribution in [-0.4, -0.2) is 27.1 Å². The SMILES string of the molecule is Cn1cc(C2CCCN2C(=O)CCC2CCCC2)cn1. The van der Waals surface area contributed by atoms with Gasteiger partial charge in [-0.1, -0.05) is 25.7 Å². The van der Waals surface area contributed by atoms with Crippen LogP contribution in [0.3, 0.4) is 0 Å². The molecular formula is C16H25N3O. The average Bonchev–Trinajstić information content (AvgIpc) is 3.16. The van der Waals surface area contributed by atoms with Crippen molar-refractivity contribution in [3.63, 3.8) is 0 Å². The minimum Gasteiger partial charge on any atom is -0.336 e. The number of aromatic nitrogens is 2. The van der Waals surface area contributed by atoms with E-state index < -0.39 is 0 Å². The van der Waals surface area contributed by atoms with Gasteiger partial charge in [-0.3, -0.25) is 9.48 Å². The molecule has 0 aromatic carbocycles. The lowest BCUT2D eigenvalue weighted by Gasteiger charge is -2.24. The molecule has 1 aromatic rings. The van der Waals surface area contributed by atoms with Gasteiger partial charge in [0.15, 0.2) is 0 Å². The fourth-order valence-corrected chi connectivity index (χ4v) is 3.79. The van der Waals surface area contributed by atoms with Crippen molar-refractivity contribution >= 4 is 5.91 Å². The molecule has 2 heterocycles. The van der Waals surface area contributed by atoms with Gasteiger partial charge in [-0.2, -0.15) is 5.10 Å². The number of likely N-dealkylation sites (tertiary alicyclic amines) is 1. The van der Waals surface area contributed by atoms with Crippen LogP contribution in [0.15, 0.2) is 12.4 Å². The minimum absolute atomic E-state index is 0.264. The van der Waals surface area contributed by atoms with Crippen LogP contribution in [0, 0.1) is 5.92 Å².